The van der Waals surface area contributed by atoms with Crippen LogP contribution in [0, 0.1) is 6.92 Å². The molecule has 4 heteroatoms. The Bertz CT molecular complexity index is 408. The number of aromatic nitrogens is 1. The molecule has 1 aliphatic heterocycles. The van der Waals surface area contributed by atoms with E-state index in [1.54, 1.807) is 0 Å². The highest BCUT2D eigenvalue weighted by atomic mass is 35.5. The number of hydrogen-bond donors (Lipinski definition) is 1. The lowest BCUT2D eigenvalue weighted by molar-refractivity contribution is 0.285. The van der Waals surface area contributed by atoms with Crippen LogP contribution in [-0.2, 0) is 0 Å². The van der Waals surface area contributed by atoms with E-state index >= 15 is 0 Å². The Kier molecular flexibility index (Phi) is 5.46. The first kappa shape index (κ1) is 14.6. The summed E-state index contributed by atoms with van der Waals surface area (Å²) in [4.78, 5) is 6.78. The Labute approximate surface area is 121 Å². The van der Waals surface area contributed by atoms with E-state index in [0.29, 0.717) is 11.2 Å². The van der Waals surface area contributed by atoms with Crippen LogP contribution in [-0.4, -0.2) is 35.6 Å². The SMILES string of the molecule is CCCN1CCCC(Nc2cnc(Cl)c(C)c2)CC1. The van der Waals surface area contributed by atoms with E-state index in [4.69, 9.17) is 11.6 Å². The molecule has 0 saturated carbocycles. The molecule has 1 saturated heterocycles. The highest BCUT2D eigenvalue weighted by molar-refractivity contribution is 6.30. The van der Waals surface area contributed by atoms with Gasteiger partial charge in [-0.25, -0.2) is 4.98 Å². The normalized spacial score (nSPS) is 21.1. The average molecular weight is 282 g/mol. The zero-order valence-corrected chi connectivity index (χ0v) is 12.7. The standard InChI is InChI=1S/C15H24ClN3/c1-3-7-19-8-4-5-13(6-9-19)18-14-10-12(2)15(16)17-11-14/h10-11,13,18H,3-9H2,1-2H3. The molecule has 0 amide bonds. The summed E-state index contributed by atoms with van der Waals surface area (Å²) in [7, 11) is 0. The molecule has 0 spiro atoms. The smallest absolute Gasteiger partial charge is 0.132 e. The Balaban J connectivity index is 1.90. The van der Waals surface area contributed by atoms with Gasteiger partial charge in [-0.1, -0.05) is 18.5 Å². The maximum absolute atomic E-state index is 5.96. The number of nitrogens with one attached hydrogen (secondary N) is 1. The fraction of sp³-hybridized carbons (Fsp3) is 0.667. The van der Waals surface area contributed by atoms with Crippen molar-refractivity contribution in [1.82, 2.24) is 9.88 Å². The second kappa shape index (κ2) is 7.11. The van der Waals surface area contributed by atoms with Gasteiger partial charge in [0.25, 0.3) is 0 Å². The molecule has 1 N–H and O–H groups in total. The van der Waals surface area contributed by atoms with Crippen molar-refractivity contribution in [3.8, 4) is 0 Å². The van der Waals surface area contributed by atoms with Crippen LogP contribution >= 0.6 is 11.6 Å². The summed E-state index contributed by atoms with van der Waals surface area (Å²) in [6, 6.07) is 2.65. The lowest BCUT2D eigenvalue weighted by Crippen LogP contribution is -2.27. The minimum Gasteiger partial charge on any atom is -0.381 e. The maximum Gasteiger partial charge on any atom is 0.132 e. The Morgan fingerprint density at radius 2 is 2.26 bits per heavy atom. The van der Waals surface area contributed by atoms with Crippen molar-refractivity contribution < 1.29 is 0 Å². The van der Waals surface area contributed by atoms with Crippen molar-refractivity contribution in [3.05, 3.63) is 23.0 Å². The van der Waals surface area contributed by atoms with Crippen LogP contribution in [0.1, 0.15) is 38.2 Å². The molecule has 2 heterocycles. The third kappa shape index (κ3) is 4.36. The fourth-order valence-electron chi connectivity index (χ4n) is 2.71. The first-order chi connectivity index (χ1) is 9.19. The molecular weight excluding hydrogens is 258 g/mol. The van der Waals surface area contributed by atoms with Gasteiger partial charge in [0.1, 0.15) is 5.15 Å². The quantitative estimate of drug-likeness (QED) is 0.853. The Morgan fingerprint density at radius 1 is 1.42 bits per heavy atom. The molecule has 3 nitrogen and oxygen atoms in total. The molecule has 1 aliphatic rings. The molecule has 106 valence electrons. The molecule has 0 radical (unpaired) electrons. The molecular formula is C15H24ClN3. The Hall–Kier alpha value is -0.800. The van der Waals surface area contributed by atoms with Crippen LogP contribution in [0.2, 0.25) is 5.15 Å². The highest BCUT2D eigenvalue weighted by Gasteiger charge is 2.16. The fourth-order valence-corrected chi connectivity index (χ4v) is 2.82. The Morgan fingerprint density at radius 3 is 3.00 bits per heavy atom. The third-order valence-corrected chi connectivity index (χ3v) is 4.14. The van der Waals surface area contributed by atoms with E-state index in [1.165, 1.54) is 45.3 Å². The lowest BCUT2D eigenvalue weighted by Gasteiger charge is -2.20. The molecule has 1 fully saturated rings. The van der Waals surface area contributed by atoms with Gasteiger partial charge in [0.05, 0.1) is 11.9 Å². The van der Waals surface area contributed by atoms with Crippen LogP contribution in [0.4, 0.5) is 5.69 Å². The predicted molar refractivity (Wildman–Crippen MR) is 82.0 cm³/mol. The zero-order valence-electron chi connectivity index (χ0n) is 12.0. The van der Waals surface area contributed by atoms with Gasteiger partial charge in [-0.2, -0.15) is 0 Å². The second-order valence-corrected chi connectivity index (χ2v) is 5.80. The van der Waals surface area contributed by atoms with Gasteiger partial charge in [-0.05, 0) is 57.3 Å². The van der Waals surface area contributed by atoms with Gasteiger partial charge >= 0.3 is 0 Å². The van der Waals surface area contributed by atoms with E-state index in [1.807, 2.05) is 13.1 Å². The van der Waals surface area contributed by atoms with Gasteiger partial charge in [0.15, 0.2) is 0 Å². The van der Waals surface area contributed by atoms with Crippen LogP contribution in [0.25, 0.3) is 0 Å². The molecule has 1 atom stereocenters. The van der Waals surface area contributed by atoms with E-state index in [9.17, 15) is 0 Å². The van der Waals surface area contributed by atoms with E-state index < -0.39 is 0 Å². The number of anilines is 1. The molecule has 1 unspecified atom stereocenters. The number of aryl methyl sites for hydroxylation is 1. The van der Waals surface area contributed by atoms with Gasteiger partial charge < -0.3 is 10.2 Å². The van der Waals surface area contributed by atoms with Crippen LogP contribution in [0.5, 0.6) is 0 Å². The van der Waals surface area contributed by atoms with Gasteiger partial charge in [0.2, 0.25) is 0 Å². The predicted octanol–water partition coefficient (Wildman–Crippen LogP) is 3.72. The number of pyridine rings is 1. The van der Waals surface area contributed by atoms with Crippen molar-refractivity contribution in [2.45, 2.75) is 45.6 Å². The summed E-state index contributed by atoms with van der Waals surface area (Å²) in [6.45, 7) is 7.92. The first-order valence-corrected chi connectivity index (χ1v) is 7.68. The van der Waals surface area contributed by atoms with Crippen molar-refractivity contribution in [2.24, 2.45) is 0 Å². The summed E-state index contributed by atoms with van der Waals surface area (Å²) < 4.78 is 0. The minimum absolute atomic E-state index is 0.559. The van der Waals surface area contributed by atoms with E-state index in [0.717, 1.165) is 11.3 Å². The van der Waals surface area contributed by atoms with Crippen LogP contribution in [0.15, 0.2) is 12.3 Å². The number of rotatable bonds is 4. The first-order valence-electron chi connectivity index (χ1n) is 7.30. The van der Waals surface area contributed by atoms with Crippen molar-refractivity contribution in [1.29, 1.82) is 0 Å². The van der Waals surface area contributed by atoms with E-state index in [-0.39, 0.29) is 0 Å². The van der Waals surface area contributed by atoms with Gasteiger partial charge in [0, 0.05) is 12.6 Å². The molecule has 0 aliphatic carbocycles. The number of nitrogens with zero attached hydrogens (tertiary/aromatic N) is 2. The molecule has 2 rings (SSSR count). The number of likely N-dealkylation sites (tertiary alicyclic amines) is 1. The minimum atomic E-state index is 0.559. The summed E-state index contributed by atoms with van der Waals surface area (Å²) in [5.41, 5.74) is 2.13. The molecule has 0 aromatic carbocycles. The van der Waals surface area contributed by atoms with E-state index in [2.05, 4.69) is 28.2 Å². The van der Waals surface area contributed by atoms with Crippen molar-refractivity contribution >= 4 is 17.3 Å². The zero-order chi connectivity index (χ0) is 13.7. The topological polar surface area (TPSA) is 28.2 Å². The second-order valence-electron chi connectivity index (χ2n) is 5.45. The van der Waals surface area contributed by atoms with Crippen molar-refractivity contribution in [2.75, 3.05) is 25.0 Å². The third-order valence-electron chi connectivity index (χ3n) is 3.75. The van der Waals surface area contributed by atoms with Crippen LogP contribution < -0.4 is 5.32 Å². The summed E-state index contributed by atoms with van der Waals surface area (Å²) in [6.07, 6.45) is 6.81. The monoisotopic (exact) mass is 281 g/mol. The average Bonchev–Trinajstić information content (AvgIpc) is 2.60. The van der Waals surface area contributed by atoms with Crippen molar-refractivity contribution in [3.63, 3.8) is 0 Å². The van der Waals surface area contributed by atoms with Crippen LogP contribution in [0.3, 0.4) is 0 Å². The molecule has 1 aromatic rings. The lowest BCUT2D eigenvalue weighted by atomic mass is 10.1. The highest BCUT2D eigenvalue weighted by Crippen LogP contribution is 2.20. The molecule has 1 aromatic heterocycles. The van der Waals surface area contributed by atoms with Gasteiger partial charge in [-0.3, -0.25) is 0 Å². The summed E-state index contributed by atoms with van der Waals surface area (Å²) in [5.74, 6) is 0. The largest absolute Gasteiger partial charge is 0.381 e. The summed E-state index contributed by atoms with van der Waals surface area (Å²) >= 11 is 5.96. The summed E-state index contributed by atoms with van der Waals surface area (Å²) in [5, 5.41) is 4.20. The number of halogens is 1. The maximum atomic E-state index is 5.96. The number of hydrogen-bond acceptors (Lipinski definition) is 3. The molecule has 19 heavy (non-hydrogen) atoms. The van der Waals surface area contributed by atoms with Gasteiger partial charge in [-0.15, -0.1) is 0 Å². The molecule has 0 bridgehead atoms.